The zero-order valence-corrected chi connectivity index (χ0v) is 17.4. The van der Waals surface area contributed by atoms with Crippen LogP contribution in [-0.2, 0) is 17.6 Å². The third kappa shape index (κ3) is 4.19. The Morgan fingerprint density at radius 2 is 1.71 bits per heavy atom. The van der Waals surface area contributed by atoms with Crippen LogP contribution in [0.15, 0.2) is 18.3 Å². The predicted molar refractivity (Wildman–Crippen MR) is 110 cm³/mol. The van der Waals surface area contributed by atoms with Gasteiger partial charge >= 0.3 is 5.97 Å². The number of halogens is 1. The Hall–Kier alpha value is -2.41. The van der Waals surface area contributed by atoms with Crippen molar-refractivity contribution in [2.24, 2.45) is 0 Å². The minimum absolute atomic E-state index is 0.341. The van der Waals surface area contributed by atoms with Crippen LogP contribution in [0.4, 0.5) is 11.6 Å². The van der Waals surface area contributed by atoms with Gasteiger partial charge in [0.15, 0.2) is 11.0 Å². The summed E-state index contributed by atoms with van der Waals surface area (Å²) in [5.41, 5.74) is 2.75. The maximum atomic E-state index is 11.8. The molecule has 3 rings (SSSR count). The SMILES string of the molecule is CCOC(=O)c1ccc(N2CCN(c3nnc(Cl)c(CC)c3CC)CC2)nc1. The lowest BCUT2D eigenvalue weighted by atomic mass is 10.1. The van der Waals surface area contributed by atoms with E-state index in [4.69, 9.17) is 16.3 Å². The van der Waals surface area contributed by atoms with Crippen molar-refractivity contribution in [3.05, 3.63) is 40.2 Å². The van der Waals surface area contributed by atoms with Crippen molar-refractivity contribution in [1.29, 1.82) is 0 Å². The van der Waals surface area contributed by atoms with Crippen LogP contribution in [0, 0.1) is 0 Å². The van der Waals surface area contributed by atoms with E-state index in [9.17, 15) is 4.79 Å². The fourth-order valence-corrected chi connectivity index (χ4v) is 3.80. The lowest BCUT2D eigenvalue weighted by Crippen LogP contribution is -2.47. The molecular formula is C20H26ClN5O2. The molecule has 1 saturated heterocycles. The number of anilines is 2. The molecule has 0 aliphatic carbocycles. The Morgan fingerprint density at radius 1 is 1.04 bits per heavy atom. The number of nitrogens with zero attached hydrogens (tertiary/aromatic N) is 5. The molecule has 150 valence electrons. The molecule has 2 aromatic rings. The first-order valence-corrected chi connectivity index (χ1v) is 10.1. The summed E-state index contributed by atoms with van der Waals surface area (Å²) in [5, 5.41) is 9.05. The van der Waals surface area contributed by atoms with E-state index in [0.717, 1.165) is 56.2 Å². The molecule has 8 heteroatoms. The van der Waals surface area contributed by atoms with E-state index in [1.54, 1.807) is 19.2 Å². The number of carbonyl (C=O) groups excluding carboxylic acids is 1. The molecule has 0 atom stereocenters. The van der Waals surface area contributed by atoms with Gasteiger partial charge in [-0.1, -0.05) is 25.4 Å². The number of aromatic nitrogens is 3. The molecule has 2 aromatic heterocycles. The largest absolute Gasteiger partial charge is 0.462 e. The molecule has 0 unspecified atom stereocenters. The Labute approximate surface area is 170 Å². The number of rotatable bonds is 6. The molecule has 1 fully saturated rings. The standard InChI is InChI=1S/C20H26ClN5O2/c1-4-15-16(5-2)19(24-23-18(15)21)26-11-9-25(10-12-26)17-8-7-14(13-22-17)20(27)28-6-3/h7-8,13H,4-6,9-12H2,1-3H3. The average molecular weight is 404 g/mol. The van der Waals surface area contributed by atoms with Gasteiger partial charge in [0, 0.05) is 37.9 Å². The van der Waals surface area contributed by atoms with Crippen LogP contribution in [0.5, 0.6) is 0 Å². The van der Waals surface area contributed by atoms with Gasteiger partial charge in [0.2, 0.25) is 0 Å². The molecule has 0 spiro atoms. The molecule has 0 radical (unpaired) electrons. The minimum Gasteiger partial charge on any atom is -0.462 e. The van der Waals surface area contributed by atoms with Gasteiger partial charge in [-0.05, 0) is 37.5 Å². The Kier molecular flexibility index (Phi) is 6.67. The molecular weight excluding hydrogens is 378 g/mol. The second-order valence-electron chi connectivity index (χ2n) is 6.58. The summed E-state index contributed by atoms with van der Waals surface area (Å²) in [6.07, 6.45) is 3.30. The van der Waals surface area contributed by atoms with E-state index < -0.39 is 0 Å². The summed E-state index contributed by atoms with van der Waals surface area (Å²) in [6.45, 7) is 9.66. The fraction of sp³-hybridized carbons (Fsp3) is 0.500. The first kappa shape index (κ1) is 20.3. The third-order valence-corrected chi connectivity index (χ3v) is 5.29. The Morgan fingerprint density at radius 3 is 2.29 bits per heavy atom. The van der Waals surface area contributed by atoms with E-state index in [-0.39, 0.29) is 5.97 Å². The quantitative estimate of drug-likeness (QED) is 0.686. The van der Waals surface area contributed by atoms with Crippen LogP contribution in [-0.4, -0.2) is 53.9 Å². The Balaban J connectivity index is 1.69. The fourth-order valence-electron chi connectivity index (χ4n) is 3.51. The van der Waals surface area contributed by atoms with Gasteiger partial charge in [0.1, 0.15) is 5.82 Å². The van der Waals surface area contributed by atoms with Crippen molar-refractivity contribution >= 4 is 29.2 Å². The highest BCUT2D eigenvalue weighted by Gasteiger charge is 2.23. The van der Waals surface area contributed by atoms with Gasteiger partial charge in [-0.25, -0.2) is 9.78 Å². The Bertz CT molecular complexity index is 820. The molecule has 0 N–H and O–H groups in total. The molecule has 0 aromatic carbocycles. The monoisotopic (exact) mass is 403 g/mol. The third-order valence-electron chi connectivity index (χ3n) is 4.99. The summed E-state index contributed by atoms with van der Waals surface area (Å²) >= 11 is 6.24. The molecule has 1 aliphatic rings. The highest BCUT2D eigenvalue weighted by molar-refractivity contribution is 6.30. The number of piperazine rings is 1. The summed E-state index contributed by atoms with van der Waals surface area (Å²) in [7, 11) is 0. The second kappa shape index (κ2) is 9.19. The minimum atomic E-state index is -0.341. The molecule has 0 saturated carbocycles. The number of pyridine rings is 1. The maximum Gasteiger partial charge on any atom is 0.339 e. The van der Waals surface area contributed by atoms with E-state index in [0.29, 0.717) is 17.3 Å². The molecule has 0 bridgehead atoms. The second-order valence-corrected chi connectivity index (χ2v) is 6.94. The molecule has 7 nitrogen and oxygen atoms in total. The van der Waals surface area contributed by atoms with Crippen molar-refractivity contribution in [2.45, 2.75) is 33.6 Å². The van der Waals surface area contributed by atoms with Crippen LogP contribution < -0.4 is 9.80 Å². The summed E-state index contributed by atoms with van der Waals surface area (Å²) in [5.74, 6) is 1.46. The molecule has 28 heavy (non-hydrogen) atoms. The lowest BCUT2D eigenvalue weighted by molar-refractivity contribution is 0.0526. The van der Waals surface area contributed by atoms with Crippen molar-refractivity contribution in [2.75, 3.05) is 42.6 Å². The predicted octanol–water partition coefficient (Wildman–Crippen LogP) is 3.15. The van der Waals surface area contributed by atoms with Crippen molar-refractivity contribution < 1.29 is 9.53 Å². The first-order chi connectivity index (χ1) is 13.6. The normalized spacial score (nSPS) is 14.3. The highest BCUT2D eigenvalue weighted by Crippen LogP contribution is 2.28. The van der Waals surface area contributed by atoms with E-state index >= 15 is 0 Å². The number of ether oxygens (including phenoxy) is 1. The summed E-state index contributed by atoms with van der Waals surface area (Å²) < 4.78 is 5.00. The van der Waals surface area contributed by atoms with Crippen molar-refractivity contribution in [1.82, 2.24) is 15.2 Å². The zero-order chi connectivity index (χ0) is 20.1. The topological polar surface area (TPSA) is 71.5 Å². The summed E-state index contributed by atoms with van der Waals surface area (Å²) in [6, 6.07) is 3.64. The van der Waals surface area contributed by atoms with Crippen molar-refractivity contribution in [3.63, 3.8) is 0 Å². The van der Waals surface area contributed by atoms with Gasteiger partial charge in [-0.3, -0.25) is 0 Å². The van der Waals surface area contributed by atoms with Crippen LogP contribution >= 0.6 is 11.6 Å². The maximum absolute atomic E-state index is 11.8. The number of hydrogen-bond donors (Lipinski definition) is 0. The molecule has 3 heterocycles. The van der Waals surface area contributed by atoms with E-state index in [1.165, 1.54) is 5.56 Å². The van der Waals surface area contributed by atoms with Crippen LogP contribution in [0.2, 0.25) is 5.15 Å². The number of carbonyl (C=O) groups is 1. The van der Waals surface area contributed by atoms with Crippen LogP contribution in [0.25, 0.3) is 0 Å². The van der Waals surface area contributed by atoms with Gasteiger partial charge < -0.3 is 14.5 Å². The summed E-state index contributed by atoms with van der Waals surface area (Å²) in [4.78, 5) is 20.7. The van der Waals surface area contributed by atoms with E-state index in [1.807, 2.05) is 6.07 Å². The first-order valence-electron chi connectivity index (χ1n) is 9.75. The highest BCUT2D eigenvalue weighted by atomic mass is 35.5. The molecule has 0 amide bonds. The van der Waals surface area contributed by atoms with Gasteiger partial charge in [0.25, 0.3) is 0 Å². The van der Waals surface area contributed by atoms with E-state index in [2.05, 4.69) is 38.8 Å². The van der Waals surface area contributed by atoms with Gasteiger partial charge in [-0.2, -0.15) is 0 Å². The van der Waals surface area contributed by atoms with Crippen LogP contribution in [0.3, 0.4) is 0 Å². The number of esters is 1. The van der Waals surface area contributed by atoms with Gasteiger partial charge in [-0.15, -0.1) is 10.2 Å². The number of hydrogen-bond acceptors (Lipinski definition) is 7. The van der Waals surface area contributed by atoms with Crippen molar-refractivity contribution in [3.8, 4) is 0 Å². The van der Waals surface area contributed by atoms with Crippen LogP contribution in [0.1, 0.15) is 42.3 Å². The smallest absolute Gasteiger partial charge is 0.339 e. The molecule has 1 aliphatic heterocycles. The van der Waals surface area contributed by atoms with Gasteiger partial charge in [0.05, 0.1) is 12.2 Å². The average Bonchev–Trinajstić information content (AvgIpc) is 2.74. The lowest BCUT2D eigenvalue weighted by Gasteiger charge is -2.36. The zero-order valence-electron chi connectivity index (χ0n) is 16.6.